The average Bonchev–Trinajstić information content (AvgIpc) is 3.16. The summed E-state index contributed by atoms with van der Waals surface area (Å²) in [6.07, 6.45) is 3.91. The first kappa shape index (κ1) is 18.0. The molecule has 3 N–H and O–H groups in total. The van der Waals surface area contributed by atoms with Gasteiger partial charge in [0, 0.05) is 23.7 Å². The minimum atomic E-state index is -0.777. The van der Waals surface area contributed by atoms with Gasteiger partial charge in [-0.15, -0.1) is 0 Å². The number of aliphatic carboxylic acids is 1. The maximum atomic E-state index is 14.2. The molecule has 1 fully saturated rings. The number of carboxylic acids is 1. The van der Waals surface area contributed by atoms with E-state index in [2.05, 4.69) is 10.6 Å². The number of urea groups is 1. The van der Waals surface area contributed by atoms with Gasteiger partial charge in [-0.3, -0.25) is 4.79 Å². The van der Waals surface area contributed by atoms with E-state index in [1.165, 1.54) is 12.3 Å². The highest BCUT2D eigenvalue weighted by Crippen LogP contribution is 2.24. The maximum Gasteiger partial charge on any atom is 0.315 e. The summed E-state index contributed by atoms with van der Waals surface area (Å²) in [7, 11) is 0. The number of rotatable bonds is 5. The van der Waals surface area contributed by atoms with E-state index in [9.17, 15) is 14.0 Å². The molecular weight excluding hydrogens is 339 g/mol. The Kier molecular flexibility index (Phi) is 5.55. The van der Waals surface area contributed by atoms with Crippen molar-refractivity contribution in [3.63, 3.8) is 0 Å². The fourth-order valence-electron chi connectivity index (χ4n) is 3.18. The van der Waals surface area contributed by atoms with Crippen LogP contribution in [0, 0.1) is 11.7 Å². The van der Waals surface area contributed by atoms with E-state index in [0.717, 1.165) is 0 Å². The SMILES string of the molecule is O=C(NCc1ccc(-c2ccco2)cc1F)NC1CCC(C(=O)O)CC1. The number of benzene rings is 1. The molecule has 2 amide bonds. The van der Waals surface area contributed by atoms with Crippen LogP contribution in [0.2, 0.25) is 0 Å². The lowest BCUT2D eigenvalue weighted by molar-refractivity contribution is -0.142. The third-order valence-electron chi connectivity index (χ3n) is 4.71. The molecule has 0 aliphatic heterocycles. The summed E-state index contributed by atoms with van der Waals surface area (Å²) < 4.78 is 19.4. The summed E-state index contributed by atoms with van der Waals surface area (Å²) in [5.41, 5.74) is 1.01. The summed E-state index contributed by atoms with van der Waals surface area (Å²) in [6, 6.07) is 7.79. The van der Waals surface area contributed by atoms with Crippen molar-refractivity contribution >= 4 is 12.0 Å². The molecule has 0 saturated heterocycles. The molecule has 6 nitrogen and oxygen atoms in total. The van der Waals surface area contributed by atoms with E-state index in [1.807, 2.05) is 0 Å². The van der Waals surface area contributed by atoms with Gasteiger partial charge < -0.3 is 20.2 Å². The lowest BCUT2D eigenvalue weighted by Gasteiger charge is -2.26. The smallest absolute Gasteiger partial charge is 0.315 e. The number of hydrogen-bond acceptors (Lipinski definition) is 3. The quantitative estimate of drug-likeness (QED) is 0.761. The van der Waals surface area contributed by atoms with E-state index in [0.29, 0.717) is 42.6 Å². The highest BCUT2D eigenvalue weighted by Gasteiger charge is 2.26. The predicted molar refractivity (Wildman–Crippen MR) is 92.9 cm³/mol. The normalized spacial score (nSPS) is 19.7. The lowest BCUT2D eigenvalue weighted by atomic mass is 9.86. The van der Waals surface area contributed by atoms with Crippen LogP contribution in [-0.4, -0.2) is 23.1 Å². The molecule has 3 rings (SSSR count). The van der Waals surface area contributed by atoms with Gasteiger partial charge in [0.2, 0.25) is 0 Å². The van der Waals surface area contributed by atoms with Gasteiger partial charge in [-0.05, 0) is 43.9 Å². The van der Waals surface area contributed by atoms with Gasteiger partial charge in [0.25, 0.3) is 0 Å². The zero-order chi connectivity index (χ0) is 18.5. The summed E-state index contributed by atoms with van der Waals surface area (Å²) in [4.78, 5) is 22.9. The molecule has 138 valence electrons. The highest BCUT2D eigenvalue weighted by atomic mass is 19.1. The number of carbonyl (C=O) groups excluding carboxylic acids is 1. The molecule has 0 unspecified atom stereocenters. The van der Waals surface area contributed by atoms with Gasteiger partial charge in [0.1, 0.15) is 11.6 Å². The molecule has 0 spiro atoms. The van der Waals surface area contributed by atoms with Crippen LogP contribution in [0.3, 0.4) is 0 Å². The monoisotopic (exact) mass is 360 g/mol. The Labute approximate surface area is 150 Å². The Morgan fingerprint density at radius 1 is 1.19 bits per heavy atom. The van der Waals surface area contributed by atoms with Crippen LogP contribution in [0.5, 0.6) is 0 Å². The van der Waals surface area contributed by atoms with Crippen molar-refractivity contribution in [1.29, 1.82) is 0 Å². The van der Waals surface area contributed by atoms with E-state index in [4.69, 9.17) is 9.52 Å². The Balaban J connectivity index is 1.48. The first-order valence-corrected chi connectivity index (χ1v) is 8.62. The number of carboxylic acid groups (broad SMARTS) is 1. The minimum absolute atomic E-state index is 0.0447. The van der Waals surface area contributed by atoms with Crippen molar-refractivity contribution in [2.45, 2.75) is 38.3 Å². The third-order valence-corrected chi connectivity index (χ3v) is 4.71. The summed E-state index contributed by atoms with van der Waals surface area (Å²) in [6.45, 7) is 0.0700. The number of hydrogen-bond donors (Lipinski definition) is 3. The minimum Gasteiger partial charge on any atom is -0.481 e. The van der Waals surface area contributed by atoms with Crippen LogP contribution in [0.15, 0.2) is 41.0 Å². The number of carbonyl (C=O) groups is 2. The Bertz CT molecular complexity index is 768. The lowest BCUT2D eigenvalue weighted by Crippen LogP contribution is -2.44. The van der Waals surface area contributed by atoms with Crippen LogP contribution < -0.4 is 10.6 Å². The molecule has 0 atom stereocenters. The van der Waals surface area contributed by atoms with Gasteiger partial charge in [0.05, 0.1) is 12.2 Å². The summed E-state index contributed by atoms with van der Waals surface area (Å²) >= 11 is 0. The van der Waals surface area contributed by atoms with Gasteiger partial charge in [-0.1, -0.05) is 12.1 Å². The number of halogens is 1. The van der Waals surface area contributed by atoms with Crippen LogP contribution in [0.25, 0.3) is 11.3 Å². The van der Waals surface area contributed by atoms with E-state index < -0.39 is 11.8 Å². The molecule has 1 saturated carbocycles. The largest absolute Gasteiger partial charge is 0.481 e. The third kappa shape index (κ3) is 4.41. The fourth-order valence-corrected chi connectivity index (χ4v) is 3.18. The summed E-state index contributed by atoms with van der Waals surface area (Å²) in [5.74, 6) is -0.932. The first-order chi connectivity index (χ1) is 12.5. The van der Waals surface area contributed by atoms with E-state index in [-0.39, 0.29) is 24.5 Å². The predicted octanol–water partition coefficient (Wildman–Crippen LogP) is 3.53. The Morgan fingerprint density at radius 3 is 2.58 bits per heavy atom. The van der Waals surface area contributed by atoms with Crippen LogP contribution in [-0.2, 0) is 11.3 Å². The van der Waals surface area contributed by atoms with Crippen molar-refractivity contribution in [3.8, 4) is 11.3 Å². The standard InChI is InChI=1S/C19H21FN2O4/c20-16-10-13(17-2-1-9-26-17)3-4-14(16)11-21-19(25)22-15-7-5-12(6-8-15)18(23)24/h1-4,9-10,12,15H,5-8,11H2,(H,23,24)(H2,21,22,25). The molecule has 1 aromatic carbocycles. The molecule has 1 aliphatic rings. The van der Waals surface area contributed by atoms with Gasteiger partial charge >= 0.3 is 12.0 Å². The topological polar surface area (TPSA) is 91.6 Å². The van der Waals surface area contributed by atoms with E-state index in [1.54, 1.807) is 24.3 Å². The van der Waals surface area contributed by atoms with Crippen molar-refractivity contribution < 1.29 is 23.5 Å². The van der Waals surface area contributed by atoms with Gasteiger partial charge in [-0.25, -0.2) is 9.18 Å². The van der Waals surface area contributed by atoms with Crippen LogP contribution >= 0.6 is 0 Å². The molecule has 0 bridgehead atoms. The maximum absolute atomic E-state index is 14.2. The van der Waals surface area contributed by atoms with Gasteiger partial charge in [0.15, 0.2) is 0 Å². The molecule has 1 aromatic heterocycles. The molecule has 1 heterocycles. The second-order valence-electron chi connectivity index (χ2n) is 6.50. The van der Waals surface area contributed by atoms with Gasteiger partial charge in [-0.2, -0.15) is 0 Å². The Morgan fingerprint density at radius 2 is 1.96 bits per heavy atom. The molecule has 2 aromatic rings. The van der Waals surface area contributed by atoms with Crippen LogP contribution in [0.1, 0.15) is 31.2 Å². The zero-order valence-electron chi connectivity index (χ0n) is 14.2. The number of amides is 2. The van der Waals surface area contributed by atoms with E-state index >= 15 is 0 Å². The second kappa shape index (κ2) is 8.03. The summed E-state index contributed by atoms with van der Waals surface area (Å²) in [5, 5.41) is 14.4. The fraction of sp³-hybridized carbons (Fsp3) is 0.368. The number of nitrogens with one attached hydrogen (secondary N) is 2. The van der Waals surface area contributed by atoms with Crippen molar-refractivity contribution in [1.82, 2.24) is 10.6 Å². The van der Waals surface area contributed by atoms with Crippen molar-refractivity contribution in [2.75, 3.05) is 0 Å². The zero-order valence-corrected chi connectivity index (χ0v) is 14.2. The number of furan rings is 1. The highest BCUT2D eigenvalue weighted by molar-refractivity contribution is 5.74. The van der Waals surface area contributed by atoms with Crippen LogP contribution in [0.4, 0.5) is 9.18 Å². The molecule has 1 aliphatic carbocycles. The second-order valence-corrected chi connectivity index (χ2v) is 6.50. The molecule has 0 radical (unpaired) electrons. The van der Waals surface area contributed by atoms with Crippen molar-refractivity contribution in [2.24, 2.45) is 5.92 Å². The average molecular weight is 360 g/mol. The molecule has 7 heteroatoms. The Hall–Kier alpha value is -2.83. The molecular formula is C19H21FN2O4. The van der Waals surface area contributed by atoms with Crippen molar-refractivity contribution in [3.05, 3.63) is 48.0 Å². The first-order valence-electron chi connectivity index (χ1n) is 8.62. The molecule has 26 heavy (non-hydrogen) atoms.